The number of nitro benzene ring substituents is 1. The van der Waals surface area contributed by atoms with Crippen molar-refractivity contribution < 1.29 is 22.8 Å². The minimum Gasteiger partial charge on any atom is -0.448 e. The first kappa shape index (κ1) is 19.4. The Morgan fingerprint density at radius 2 is 1.88 bits per heavy atom. The number of non-ortho nitro benzene ring substituents is 1. The molecule has 8 nitrogen and oxygen atoms in total. The SMILES string of the molecule is Cc1ccc(NC(=O)OCCS(=O)Oc2ccc([N+](=O)[O-])cc2)c(C)c1. The number of nitrogens with zero attached hydrogens (tertiary/aromatic N) is 1. The fourth-order valence-corrected chi connectivity index (χ4v) is 2.70. The fraction of sp³-hybridized carbons (Fsp3) is 0.235. The second-order valence-corrected chi connectivity index (χ2v) is 6.60. The van der Waals surface area contributed by atoms with Gasteiger partial charge in [0.2, 0.25) is 11.1 Å². The molecule has 0 heterocycles. The van der Waals surface area contributed by atoms with Crippen LogP contribution < -0.4 is 9.50 Å². The lowest BCUT2D eigenvalue weighted by Gasteiger charge is -2.10. The summed E-state index contributed by atoms with van der Waals surface area (Å²) in [6.45, 7) is 3.72. The third-order valence-electron chi connectivity index (χ3n) is 3.34. The predicted molar refractivity (Wildman–Crippen MR) is 97.6 cm³/mol. The molecule has 2 aromatic carbocycles. The predicted octanol–water partition coefficient (Wildman–Crippen LogP) is 3.50. The molecule has 1 N–H and O–H groups in total. The molecule has 2 rings (SSSR count). The van der Waals surface area contributed by atoms with Gasteiger partial charge in [-0.1, -0.05) is 17.7 Å². The van der Waals surface area contributed by atoms with Crippen LogP contribution in [0.1, 0.15) is 11.1 Å². The van der Waals surface area contributed by atoms with E-state index in [4.69, 9.17) is 8.92 Å². The molecule has 0 saturated heterocycles. The van der Waals surface area contributed by atoms with Crippen LogP contribution in [0.2, 0.25) is 0 Å². The van der Waals surface area contributed by atoms with Gasteiger partial charge in [0.15, 0.2) is 0 Å². The van der Waals surface area contributed by atoms with Crippen molar-refractivity contribution >= 4 is 28.5 Å². The van der Waals surface area contributed by atoms with Crippen LogP contribution in [0.3, 0.4) is 0 Å². The lowest BCUT2D eigenvalue weighted by atomic mass is 10.1. The maximum Gasteiger partial charge on any atom is 0.411 e. The second-order valence-electron chi connectivity index (χ2n) is 5.42. The van der Waals surface area contributed by atoms with Crippen LogP contribution in [0.4, 0.5) is 16.2 Å². The average Bonchev–Trinajstić information content (AvgIpc) is 2.58. The maximum absolute atomic E-state index is 11.8. The molecular formula is C17H18N2O6S. The highest BCUT2D eigenvalue weighted by Crippen LogP contribution is 2.18. The highest BCUT2D eigenvalue weighted by molar-refractivity contribution is 7.80. The quantitative estimate of drug-likeness (QED) is 0.583. The molecule has 0 aromatic heterocycles. The Labute approximate surface area is 152 Å². The number of aryl methyl sites for hydroxylation is 2. The highest BCUT2D eigenvalue weighted by Gasteiger charge is 2.10. The van der Waals surface area contributed by atoms with Crippen LogP contribution in [0.25, 0.3) is 0 Å². The van der Waals surface area contributed by atoms with Crippen molar-refractivity contribution in [2.75, 3.05) is 17.7 Å². The van der Waals surface area contributed by atoms with E-state index >= 15 is 0 Å². The summed E-state index contributed by atoms with van der Waals surface area (Å²) in [6.07, 6.45) is -0.649. The van der Waals surface area contributed by atoms with E-state index in [9.17, 15) is 19.1 Å². The third kappa shape index (κ3) is 5.85. The van der Waals surface area contributed by atoms with Crippen LogP contribution in [-0.2, 0) is 15.8 Å². The van der Waals surface area contributed by atoms with Gasteiger partial charge in [0.05, 0.1) is 10.7 Å². The lowest BCUT2D eigenvalue weighted by Crippen LogP contribution is -2.19. The van der Waals surface area contributed by atoms with E-state index in [-0.39, 0.29) is 23.8 Å². The zero-order chi connectivity index (χ0) is 19.1. The fourth-order valence-electron chi connectivity index (χ4n) is 2.07. The van der Waals surface area contributed by atoms with Crippen molar-refractivity contribution in [3.05, 3.63) is 63.7 Å². The minimum atomic E-state index is -1.73. The summed E-state index contributed by atoms with van der Waals surface area (Å²) in [5, 5.41) is 13.2. The normalized spacial score (nSPS) is 11.5. The molecule has 0 spiro atoms. The molecule has 0 aliphatic rings. The van der Waals surface area contributed by atoms with E-state index in [1.165, 1.54) is 24.3 Å². The molecule has 1 amide bonds. The number of anilines is 1. The van der Waals surface area contributed by atoms with E-state index in [1.54, 1.807) is 6.07 Å². The summed E-state index contributed by atoms with van der Waals surface area (Å²) >= 11 is -1.73. The first-order valence-corrected chi connectivity index (χ1v) is 8.92. The Morgan fingerprint density at radius 1 is 1.19 bits per heavy atom. The van der Waals surface area contributed by atoms with Crippen molar-refractivity contribution in [1.82, 2.24) is 0 Å². The number of amides is 1. The standard InChI is InChI=1S/C17H18N2O6S/c1-12-3-8-16(13(2)11-12)18-17(20)24-9-10-26(23)25-15-6-4-14(5-7-15)19(21)22/h3-8,11H,9-10H2,1-2H3,(H,18,20). The van der Waals surface area contributed by atoms with Crippen molar-refractivity contribution in [2.45, 2.75) is 13.8 Å². The van der Waals surface area contributed by atoms with Gasteiger partial charge in [-0.15, -0.1) is 0 Å². The molecule has 0 radical (unpaired) electrons. The summed E-state index contributed by atoms with van der Waals surface area (Å²) in [6, 6.07) is 10.8. The number of hydrogen-bond acceptors (Lipinski definition) is 6. The average molecular weight is 378 g/mol. The van der Waals surface area contributed by atoms with Gasteiger partial charge >= 0.3 is 6.09 Å². The van der Waals surface area contributed by atoms with Gasteiger partial charge in [-0.3, -0.25) is 15.4 Å². The van der Waals surface area contributed by atoms with E-state index in [0.29, 0.717) is 5.69 Å². The maximum atomic E-state index is 11.8. The first-order chi connectivity index (χ1) is 12.3. The van der Waals surface area contributed by atoms with E-state index in [2.05, 4.69) is 5.32 Å². The van der Waals surface area contributed by atoms with E-state index in [0.717, 1.165) is 11.1 Å². The molecule has 0 saturated carbocycles. The molecule has 0 fully saturated rings. The summed E-state index contributed by atoms with van der Waals surface area (Å²) in [4.78, 5) is 21.8. The molecule has 1 atom stereocenters. The Balaban J connectivity index is 1.75. The molecule has 138 valence electrons. The molecule has 1 unspecified atom stereocenters. The number of nitrogens with one attached hydrogen (secondary N) is 1. The number of ether oxygens (including phenoxy) is 1. The van der Waals surface area contributed by atoms with Gasteiger partial charge in [-0.05, 0) is 37.6 Å². The number of carbonyl (C=O) groups excluding carboxylic acids is 1. The van der Waals surface area contributed by atoms with Crippen LogP contribution >= 0.6 is 0 Å². The first-order valence-electron chi connectivity index (χ1n) is 7.67. The molecule has 0 aliphatic carbocycles. The van der Waals surface area contributed by atoms with Crippen LogP contribution in [0.15, 0.2) is 42.5 Å². The number of hydrogen-bond donors (Lipinski definition) is 1. The van der Waals surface area contributed by atoms with E-state index in [1.807, 2.05) is 26.0 Å². The van der Waals surface area contributed by atoms with Gasteiger partial charge in [0, 0.05) is 17.8 Å². The Morgan fingerprint density at radius 3 is 2.50 bits per heavy atom. The Kier molecular flexibility index (Phi) is 6.67. The Hall–Kier alpha value is -2.94. The number of carbonyl (C=O) groups is 1. The zero-order valence-electron chi connectivity index (χ0n) is 14.3. The van der Waals surface area contributed by atoms with Crippen molar-refractivity contribution in [3.8, 4) is 5.75 Å². The van der Waals surface area contributed by atoms with Crippen LogP contribution in [0, 0.1) is 24.0 Å². The highest BCUT2D eigenvalue weighted by atomic mass is 32.2. The number of rotatable bonds is 7. The van der Waals surface area contributed by atoms with E-state index < -0.39 is 22.1 Å². The number of benzene rings is 2. The topological polar surface area (TPSA) is 108 Å². The lowest BCUT2D eigenvalue weighted by molar-refractivity contribution is -0.384. The largest absolute Gasteiger partial charge is 0.448 e. The van der Waals surface area contributed by atoms with Crippen molar-refractivity contribution in [2.24, 2.45) is 0 Å². The van der Waals surface area contributed by atoms with Gasteiger partial charge < -0.3 is 8.92 Å². The summed E-state index contributed by atoms with van der Waals surface area (Å²) in [5.41, 5.74) is 2.55. The van der Waals surface area contributed by atoms with Crippen LogP contribution in [-0.4, -0.2) is 27.6 Å². The summed E-state index contributed by atoms with van der Waals surface area (Å²) < 4.78 is 21.9. The van der Waals surface area contributed by atoms with Crippen molar-refractivity contribution in [3.63, 3.8) is 0 Å². The Bertz CT molecular complexity index is 823. The van der Waals surface area contributed by atoms with Gasteiger partial charge in [-0.2, -0.15) is 0 Å². The molecular weight excluding hydrogens is 360 g/mol. The number of nitro groups is 1. The minimum absolute atomic E-state index is 0.0305. The molecule has 26 heavy (non-hydrogen) atoms. The summed E-state index contributed by atoms with van der Waals surface area (Å²) in [7, 11) is 0. The van der Waals surface area contributed by atoms with Gasteiger partial charge in [-0.25, -0.2) is 9.00 Å². The monoisotopic (exact) mass is 378 g/mol. The van der Waals surface area contributed by atoms with Crippen LogP contribution in [0.5, 0.6) is 5.75 Å². The van der Waals surface area contributed by atoms with Crippen molar-refractivity contribution in [1.29, 1.82) is 0 Å². The molecule has 9 heteroatoms. The van der Waals surface area contributed by atoms with Gasteiger partial charge in [0.1, 0.15) is 12.4 Å². The third-order valence-corrected chi connectivity index (χ3v) is 4.22. The summed E-state index contributed by atoms with van der Waals surface area (Å²) in [5.74, 6) is 0.200. The molecule has 0 aliphatic heterocycles. The zero-order valence-corrected chi connectivity index (χ0v) is 15.1. The molecule has 0 bridgehead atoms. The smallest absolute Gasteiger partial charge is 0.411 e. The van der Waals surface area contributed by atoms with Gasteiger partial charge in [0.25, 0.3) is 5.69 Å². The molecule has 2 aromatic rings. The second kappa shape index (κ2) is 8.95.